The number of aromatic nitrogens is 2. The van der Waals surface area contributed by atoms with Gasteiger partial charge in [0.25, 0.3) is 0 Å². The second kappa shape index (κ2) is 4.52. The summed E-state index contributed by atoms with van der Waals surface area (Å²) >= 11 is 0. The lowest BCUT2D eigenvalue weighted by Crippen LogP contribution is -2.04. The summed E-state index contributed by atoms with van der Waals surface area (Å²) in [6.45, 7) is 11.2. The molecular formula is C15H22N2. The normalized spacial score (nSPS) is 11.9. The van der Waals surface area contributed by atoms with Crippen LogP contribution in [0.15, 0.2) is 18.2 Å². The summed E-state index contributed by atoms with van der Waals surface area (Å²) in [5.41, 5.74) is 5.01. The van der Waals surface area contributed by atoms with Crippen LogP contribution in [0.1, 0.15) is 50.7 Å². The fraction of sp³-hybridized carbons (Fsp3) is 0.533. The van der Waals surface area contributed by atoms with Crippen molar-refractivity contribution in [3.63, 3.8) is 0 Å². The fourth-order valence-corrected chi connectivity index (χ4v) is 2.46. The zero-order valence-corrected chi connectivity index (χ0v) is 11.5. The lowest BCUT2D eigenvalue weighted by molar-refractivity contribution is 0.625. The van der Waals surface area contributed by atoms with Crippen molar-refractivity contribution < 1.29 is 0 Å². The van der Waals surface area contributed by atoms with Gasteiger partial charge in [-0.3, -0.25) is 0 Å². The Bertz CT molecular complexity index is 521. The molecule has 0 fully saturated rings. The fourth-order valence-electron chi connectivity index (χ4n) is 2.46. The largest absolute Gasteiger partial charge is 0.301 e. The summed E-state index contributed by atoms with van der Waals surface area (Å²) in [6, 6.07) is 6.34. The molecule has 2 nitrogen and oxygen atoms in total. The number of fused-ring (bicyclic) bond motifs is 1. The maximum Gasteiger partial charge on any atom is 0.137 e. The Morgan fingerprint density at radius 1 is 1.18 bits per heavy atom. The van der Waals surface area contributed by atoms with Gasteiger partial charge in [-0.05, 0) is 37.3 Å². The lowest BCUT2D eigenvalue weighted by atomic mass is 10.0. The maximum atomic E-state index is 4.80. The van der Waals surface area contributed by atoms with Crippen molar-refractivity contribution in [2.45, 2.75) is 47.0 Å². The zero-order valence-electron chi connectivity index (χ0n) is 11.5. The van der Waals surface area contributed by atoms with Crippen LogP contribution in [0.3, 0.4) is 0 Å². The van der Waals surface area contributed by atoms with Gasteiger partial charge < -0.3 is 4.40 Å². The van der Waals surface area contributed by atoms with E-state index in [4.69, 9.17) is 4.98 Å². The summed E-state index contributed by atoms with van der Waals surface area (Å²) < 4.78 is 2.31. The minimum absolute atomic E-state index is 0.514. The first-order valence-electron chi connectivity index (χ1n) is 6.47. The number of hydrogen-bond donors (Lipinski definition) is 0. The Kier molecular flexibility index (Phi) is 3.23. The molecule has 0 saturated carbocycles. The molecule has 0 bridgehead atoms. The highest BCUT2D eigenvalue weighted by atomic mass is 15.0. The molecule has 0 aliphatic carbocycles. The maximum absolute atomic E-state index is 4.80. The Balaban J connectivity index is 2.67. The van der Waals surface area contributed by atoms with Crippen LogP contribution in [0.5, 0.6) is 0 Å². The van der Waals surface area contributed by atoms with Crippen LogP contribution in [0.25, 0.3) is 5.65 Å². The Morgan fingerprint density at radius 3 is 2.47 bits per heavy atom. The van der Waals surface area contributed by atoms with E-state index in [1.54, 1.807) is 0 Å². The third kappa shape index (κ3) is 2.21. The lowest BCUT2D eigenvalue weighted by Gasteiger charge is -2.11. The van der Waals surface area contributed by atoms with E-state index in [0.29, 0.717) is 11.8 Å². The van der Waals surface area contributed by atoms with Crippen molar-refractivity contribution >= 4 is 5.65 Å². The average molecular weight is 230 g/mol. The molecule has 2 rings (SSSR count). The van der Waals surface area contributed by atoms with E-state index in [0.717, 1.165) is 12.1 Å². The highest BCUT2D eigenvalue weighted by molar-refractivity contribution is 5.46. The van der Waals surface area contributed by atoms with E-state index < -0.39 is 0 Å². The standard InChI is InChI=1S/C15H22N2/c1-10(2)9-13-15(11(3)4)17-12(5)7-6-8-14(17)16-13/h6-8,10-11H,9H2,1-5H3. The van der Waals surface area contributed by atoms with Gasteiger partial charge in [-0.2, -0.15) is 0 Å². The Morgan fingerprint density at radius 2 is 1.88 bits per heavy atom. The summed E-state index contributed by atoms with van der Waals surface area (Å²) in [4.78, 5) is 4.80. The van der Waals surface area contributed by atoms with Gasteiger partial charge in [0.15, 0.2) is 0 Å². The average Bonchev–Trinajstić information content (AvgIpc) is 2.56. The van der Waals surface area contributed by atoms with Gasteiger partial charge >= 0.3 is 0 Å². The first kappa shape index (κ1) is 12.2. The van der Waals surface area contributed by atoms with Crippen molar-refractivity contribution in [3.8, 4) is 0 Å². The highest BCUT2D eigenvalue weighted by Gasteiger charge is 2.16. The van der Waals surface area contributed by atoms with Gasteiger partial charge in [0, 0.05) is 11.4 Å². The van der Waals surface area contributed by atoms with Crippen LogP contribution in [0.4, 0.5) is 0 Å². The molecule has 2 aromatic heterocycles. The van der Waals surface area contributed by atoms with E-state index in [1.165, 1.54) is 17.1 Å². The number of pyridine rings is 1. The van der Waals surface area contributed by atoms with Gasteiger partial charge in [0.05, 0.1) is 5.69 Å². The number of nitrogens with zero attached hydrogens (tertiary/aromatic N) is 2. The first-order chi connectivity index (χ1) is 8.00. The summed E-state index contributed by atoms with van der Waals surface area (Å²) in [7, 11) is 0. The molecule has 2 heterocycles. The quantitative estimate of drug-likeness (QED) is 0.780. The van der Waals surface area contributed by atoms with Crippen molar-refractivity contribution in [2.75, 3.05) is 0 Å². The van der Waals surface area contributed by atoms with Crippen LogP contribution < -0.4 is 0 Å². The topological polar surface area (TPSA) is 17.3 Å². The van der Waals surface area contributed by atoms with Gasteiger partial charge in [0.1, 0.15) is 5.65 Å². The number of hydrogen-bond acceptors (Lipinski definition) is 1. The molecule has 0 N–H and O–H groups in total. The van der Waals surface area contributed by atoms with Gasteiger partial charge in [-0.15, -0.1) is 0 Å². The number of rotatable bonds is 3. The number of imidazole rings is 1. The highest BCUT2D eigenvalue weighted by Crippen LogP contribution is 2.24. The van der Waals surface area contributed by atoms with Gasteiger partial charge in [-0.1, -0.05) is 33.8 Å². The molecule has 0 aliphatic rings. The molecule has 2 aromatic rings. The third-order valence-electron chi connectivity index (χ3n) is 3.10. The van der Waals surface area contributed by atoms with Crippen molar-refractivity contribution in [1.29, 1.82) is 0 Å². The van der Waals surface area contributed by atoms with Crippen LogP contribution in [-0.4, -0.2) is 9.38 Å². The Hall–Kier alpha value is -1.31. The van der Waals surface area contributed by atoms with Crippen LogP contribution >= 0.6 is 0 Å². The summed E-state index contributed by atoms with van der Waals surface area (Å²) in [6.07, 6.45) is 1.06. The summed E-state index contributed by atoms with van der Waals surface area (Å²) in [5, 5.41) is 0. The molecule has 0 atom stereocenters. The molecule has 92 valence electrons. The van der Waals surface area contributed by atoms with Gasteiger partial charge in [-0.25, -0.2) is 4.98 Å². The summed E-state index contributed by atoms with van der Waals surface area (Å²) in [5.74, 6) is 1.16. The predicted molar refractivity (Wildman–Crippen MR) is 72.6 cm³/mol. The molecule has 0 aromatic carbocycles. The molecule has 0 spiro atoms. The van der Waals surface area contributed by atoms with Crippen molar-refractivity contribution in [1.82, 2.24) is 9.38 Å². The van der Waals surface area contributed by atoms with Crippen LogP contribution in [-0.2, 0) is 6.42 Å². The number of aryl methyl sites for hydroxylation is 1. The molecule has 17 heavy (non-hydrogen) atoms. The van der Waals surface area contributed by atoms with Crippen LogP contribution in [0, 0.1) is 12.8 Å². The van der Waals surface area contributed by atoms with Crippen LogP contribution in [0.2, 0.25) is 0 Å². The van der Waals surface area contributed by atoms with Gasteiger partial charge in [0.2, 0.25) is 0 Å². The first-order valence-corrected chi connectivity index (χ1v) is 6.47. The molecule has 0 unspecified atom stereocenters. The second-order valence-corrected chi connectivity index (χ2v) is 5.56. The molecule has 0 saturated heterocycles. The molecule has 0 aliphatic heterocycles. The van der Waals surface area contributed by atoms with Crippen molar-refractivity contribution in [2.24, 2.45) is 5.92 Å². The molecule has 2 heteroatoms. The van der Waals surface area contributed by atoms with E-state index in [2.05, 4.69) is 57.2 Å². The second-order valence-electron chi connectivity index (χ2n) is 5.56. The minimum atomic E-state index is 0.514. The monoisotopic (exact) mass is 230 g/mol. The SMILES string of the molecule is Cc1cccc2nc(CC(C)C)c(C(C)C)n12. The Labute approximate surface area is 104 Å². The van der Waals surface area contributed by atoms with E-state index in [1.807, 2.05) is 0 Å². The minimum Gasteiger partial charge on any atom is -0.301 e. The molecular weight excluding hydrogens is 208 g/mol. The van der Waals surface area contributed by atoms with E-state index >= 15 is 0 Å². The smallest absolute Gasteiger partial charge is 0.137 e. The molecule has 0 amide bonds. The van der Waals surface area contributed by atoms with E-state index in [-0.39, 0.29) is 0 Å². The molecule has 0 radical (unpaired) electrons. The van der Waals surface area contributed by atoms with Crippen molar-refractivity contribution in [3.05, 3.63) is 35.3 Å². The third-order valence-corrected chi connectivity index (χ3v) is 3.10. The zero-order chi connectivity index (χ0) is 12.6. The van der Waals surface area contributed by atoms with E-state index in [9.17, 15) is 0 Å². The predicted octanol–water partition coefficient (Wildman–Crippen LogP) is 3.96.